The van der Waals surface area contributed by atoms with Crippen molar-refractivity contribution >= 4 is 0 Å². The summed E-state index contributed by atoms with van der Waals surface area (Å²) in [6, 6.07) is 0. The first-order chi connectivity index (χ1) is 5.29. The third-order valence-corrected chi connectivity index (χ3v) is 2.30. The van der Waals surface area contributed by atoms with E-state index in [-0.39, 0.29) is 0 Å². The molecule has 1 nitrogen and oxygen atoms in total. The van der Waals surface area contributed by atoms with E-state index >= 15 is 0 Å². The third-order valence-electron chi connectivity index (χ3n) is 2.30. The molecule has 0 radical (unpaired) electrons. The van der Waals surface area contributed by atoms with Crippen LogP contribution in [0.4, 0.5) is 0 Å². The van der Waals surface area contributed by atoms with Gasteiger partial charge in [0, 0.05) is 13.1 Å². The van der Waals surface area contributed by atoms with E-state index in [0.717, 1.165) is 5.92 Å². The standard InChI is InChI=1S/C10H21N/c1-10(2)6-4-3-5-7-11-8-9-11/h10H,3-9H2,1-2H3. The van der Waals surface area contributed by atoms with Crippen LogP contribution in [-0.2, 0) is 0 Å². The van der Waals surface area contributed by atoms with Gasteiger partial charge in [0.2, 0.25) is 0 Å². The number of nitrogens with zero attached hydrogens (tertiary/aromatic N) is 1. The van der Waals surface area contributed by atoms with Gasteiger partial charge in [0.15, 0.2) is 0 Å². The van der Waals surface area contributed by atoms with Crippen molar-refractivity contribution in [2.24, 2.45) is 5.92 Å². The fourth-order valence-electron chi connectivity index (χ4n) is 1.36. The van der Waals surface area contributed by atoms with Gasteiger partial charge in [0.1, 0.15) is 0 Å². The molecule has 1 heterocycles. The van der Waals surface area contributed by atoms with E-state index in [1.54, 1.807) is 0 Å². The Morgan fingerprint density at radius 3 is 2.36 bits per heavy atom. The minimum Gasteiger partial charge on any atom is -0.301 e. The minimum atomic E-state index is 0.899. The maximum atomic E-state index is 2.51. The van der Waals surface area contributed by atoms with E-state index in [9.17, 15) is 0 Å². The molecule has 0 atom stereocenters. The third kappa shape index (κ3) is 5.25. The van der Waals surface area contributed by atoms with E-state index < -0.39 is 0 Å². The Morgan fingerprint density at radius 1 is 1.09 bits per heavy atom. The SMILES string of the molecule is CC(C)CCCCCN1CC1. The molecular formula is C10H21N. The Labute approximate surface area is 70.8 Å². The van der Waals surface area contributed by atoms with E-state index in [1.807, 2.05) is 0 Å². The molecule has 1 aliphatic heterocycles. The van der Waals surface area contributed by atoms with Crippen LogP contribution in [0.15, 0.2) is 0 Å². The molecule has 0 aromatic heterocycles. The molecule has 1 fully saturated rings. The molecule has 1 aliphatic rings. The van der Waals surface area contributed by atoms with Crippen LogP contribution in [0.3, 0.4) is 0 Å². The zero-order valence-electron chi connectivity index (χ0n) is 7.97. The molecule has 0 saturated carbocycles. The highest BCUT2D eigenvalue weighted by molar-refractivity contribution is 4.71. The summed E-state index contributed by atoms with van der Waals surface area (Å²) >= 11 is 0. The second-order valence-corrected chi connectivity index (χ2v) is 4.08. The Balaban J connectivity index is 1.73. The lowest BCUT2D eigenvalue weighted by Gasteiger charge is -2.03. The zero-order valence-corrected chi connectivity index (χ0v) is 7.97. The van der Waals surface area contributed by atoms with E-state index in [0.29, 0.717) is 0 Å². The van der Waals surface area contributed by atoms with Crippen molar-refractivity contribution in [2.75, 3.05) is 19.6 Å². The van der Waals surface area contributed by atoms with Crippen LogP contribution in [0.2, 0.25) is 0 Å². The van der Waals surface area contributed by atoms with Crippen molar-refractivity contribution in [3.63, 3.8) is 0 Å². The predicted octanol–water partition coefficient (Wildman–Crippen LogP) is 2.52. The molecule has 1 saturated heterocycles. The summed E-state index contributed by atoms with van der Waals surface area (Å²) < 4.78 is 0. The second kappa shape index (κ2) is 4.76. The minimum absolute atomic E-state index is 0.899. The molecule has 66 valence electrons. The average molecular weight is 155 g/mol. The summed E-state index contributed by atoms with van der Waals surface area (Å²) in [5, 5.41) is 0. The molecule has 0 aromatic rings. The van der Waals surface area contributed by atoms with Crippen LogP contribution >= 0.6 is 0 Å². The van der Waals surface area contributed by atoms with Crippen LogP contribution in [0, 0.1) is 5.92 Å². The summed E-state index contributed by atoms with van der Waals surface area (Å²) in [4.78, 5) is 2.51. The lowest BCUT2D eigenvalue weighted by Crippen LogP contribution is -1.98. The van der Waals surface area contributed by atoms with Crippen LogP contribution < -0.4 is 0 Å². The van der Waals surface area contributed by atoms with E-state index in [1.165, 1.54) is 45.3 Å². The molecule has 0 amide bonds. The smallest absolute Gasteiger partial charge is 0.0110 e. The Hall–Kier alpha value is -0.0400. The molecule has 1 rings (SSSR count). The van der Waals surface area contributed by atoms with Crippen molar-refractivity contribution in [1.82, 2.24) is 4.90 Å². The Bertz CT molecular complexity index is 91.0. The Kier molecular flexibility index (Phi) is 3.92. The maximum Gasteiger partial charge on any atom is 0.0110 e. The van der Waals surface area contributed by atoms with Crippen LogP contribution in [0.5, 0.6) is 0 Å². The van der Waals surface area contributed by atoms with Crippen molar-refractivity contribution in [1.29, 1.82) is 0 Å². The zero-order chi connectivity index (χ0) is 8.10. The topological polar surface area (TPSA) is 3.01 Å². The number of hydrogen-bond acceptors (Lipinski definition) is 1. The summed E-state index contributed by atoms with van der Waals surface area (Å²) in [6.07, 6.45) is 5.72. The van der Waals surface area contributed by atoms with Gasteiger partial charge in [-0.3, -0.25) is 0 Å². The predicted molar refractivity (Wildman–Crippen MR) is 49.7 cm³/mol. The number of hydrogen-bond donors (Lipinski definition) is 0. The van der Waals surface area contributed by atoms with E-state index in [2.05, 4.69) is 18.7 Å². The van der Waals surface area contributed by atoms with Crippen LogP contribution in [0.1, 0.15) is 39.5 Å². The molecule has 0 spiro atoms. The lowest BCUT2D eigenvalue weighted by molar-refractivity contribution is 0.479. The second-order valence-electron chi connectivity index (χ2n) is 4.08. The first-order valence-electron chi connectivity index (χ1n) is 5.01. The molecule has 1 heteroatoms. The highest BCUT2D eigenvalue weighted by Gasteiger charge is 2.14. The molecule has 0 unspecified atom stereocenters. The normalized spacial score (nSPS) is 17.7. The summed E-state index contributed by atoms with van der Waals surface area (Å²) in [7, 11) is 0. The fourth-order valence-corrected chi connectivity index (χ4v) is 1.36. The monoisotopic (exact) mass is 155 g/mol. The first-order valence-corrected chi connectivity index (χ1v) is 5.01. The number of unbranched alkanes of at least 4 members (excludes halogenated alkanes) is 2. The molecule has 0 N–H and O–H groups in total. The Morgan fingerprint density at radius 2 is 1.82 bits per heavy atom. The van der Waals surface area contributed by atoms with Gasteiger partial charge in [0.25, 0.3) is 0 Å². The van der Waals surface area contributed by atoms with Gasteiger partial charge in [-0.15, -0.1) is 0 Å². The van der Waals surface area contributed by atoms with Gasteiger partial charge in [-0.1, -0.05) is 33.1 Å². The summed E-state index contributed by atoms with van der Waals surface area (Å²) in [5.41, 5.74) is 0. The average Bonchev–Trinajstić information content (AvgIpc) is 2.70. The quantitative estimate of drug-likeness (QED) is 0.421. The number of rotatable bonds is 6. The van der Waals surface area contributed by atoms with Gasteiger partial charge < -0.3 is 4.90 Å². The van der Waals surface area contributed by atoms with Crippen molar-refractivity contribution < 1.29 is 0 Å². The highest BCUT2D eigenvalue weighted by Crippen LogP contribution is 2.10. The van der Waals surface area contributed by atoms with Crippen molar-refractivity contribution in [3.05, 3.63) is 0 Å². The van der Waals surface area contributed by atoms with Gasteiger partial charge in [-0.25, -0.2) is 0 Å². The van der Waals surface area contributed by atoms with Gasteiger partial charge in [0.05, 0.1) is 0 Å². The van der Waals surface area contributed by atoms with E-state index in [4.69, 9.17) is 0 Å². The molecule has 0 aliphatic carbocycles. The van der Waals surface area contributed by atoms with Crippen molar-refractivity contribution in [3.8, 4) is 0 Å². The maximum absolute atomic E-state index is 2.51. The highest BCUT2D eigenvalue weighted by atomic mass is 15.2. The van der Waals surface area contributed by atoms with Gasteiger partial charge >= 0.3 is 0 Å². The van der Waals surface area contributed by atoms with Crippen LogP contribution in [-0.4, -0.2) is 24.5 Å². The van der Waals surface area contributed by atoms with Gasteiger partial charge in [-0.2, -0.15) is 0 Å². The summed E-state index contributed by atoms with van der Waals surface area (Å²) in [5.74, 6) is 0.899. The molecule has 0 bridgehead atoms. The molecule has 11 heavy (non-hydrogen) atoms. The summed E-state index contributed by atoms with van der Waals surface area (Å²) in [6.45, 7) is 8.71. The fraction of sp³-hybridized carbons (Fsp3) is 1.00. The van der Waals surface area contributed by atoms with Gasteiger partial charge in [-0.05, 0) is 18.9 Å². The molecular weight excluding hydrogens is 134 g/mol. The van der Waals surface area contributed by atoms with Crippen molar-refractivity contribution in [2.45, 2.75) is 39.5 Å². The lowest BCUT2D eigenvalue weighted by atomic mass is 10.1. The van der Waals surface area contributed by atoms with Crippen LogP contribution in [0.25, 0.3) is 0 Å². The first kappa shape index (κ1) is 9.05. The largest absolute Gasteiger partial charge is 0.301 e. The molecule has 0 aromatic carbocycles.